The fraction of sp³-hybridized carbons (Fsp3) is 0.714. The molecule has 4 heteroatoms. The molecule has 1 aliphatic heterocycles. The summed E-state index contributed by atoms with van der Waals surface area (Å²) in [5, 5.41) is 9.51. The second kappa shape index (κ2) is 2.50. The molecule has 62 valence electrons. The lowest BCUT2D eigenvalue weighted by molar-refractivity contribution is 0.0733. The van der Waals surface area contributed by atoms with Crippen LogP contribution in [0.5, 0.6) is 0 Å². The highest BCUT2D eigenvalue weighted by atomic mass is 32.2. The van der Waals surface area contributed by atoms with Crippen molar-refractivity contribution >= 4 is 9.84 Å². The smallest absolute Gasteiger partial charge is 0.153 e. The molecule has 11 heavy (non-hydrogen) atoms. The van der Waals surface area contributed by atoms with E-state index in [9.17, 15) is 13.5 Å². The van der Waals surface area contributed by atoms with Gasteiger partial charge in [0.25, 0.3) is 0 Å². The number of hydrogen-bond donors (Lipinski definition) is 1. The molecule has 0 saturated carbocycles. The Hall–Kier alpha value is -0.530. The molecular formula is C7H10O3S. The van der Waals surface area contributed by atoms with E-state index in [4.69, 9.17) is 6.42 Å². The van der Waals surface area contributed by atoms with Crippen LogP contribution >= 0.6 is 0 Å². The quantitative estimate of drug-likeness (QED) is 0.548. The molecule has 0 aromatic carbocycles. The molecule has 0 aromatic heterocycles. The van der Waals surface area contributed by atoms with E-state index in [-0.39, 0.29) is 24.3 Å². The fourth-order valence-electron chi connectivity index (χ4n) is 1.23. The van der Waals surface area contributed by atoms with Gasteiger partial charge in [-0.2, -0.15) is 0 Å². The lowest BCUT2D eigenvalue weighted by atomic mass is 10.0. The van der Waals surface area contributed by atoms with E-state index >= 15 is 0 Å². The molecule has 1 N–H and O–H groups in total. The van der Waals surface area contributed by atoms with Crippen molar-refractivity contribution in [2.24, 2.45) is 0 Å². The predicted molar refractivity (Wildman–Crippen MR) is 41.7 cm³/mol. The van der Waals surface area contributed by atoms with E-state index in [0.717, 1.165) is 0 Å². The summed E-state index contributed by atoms with van der Waals surface area (Å²) < 4.78 is 21.8. The molecule has 0 aliphatic carbocycles. The van der Waals surface area contributed by atoms with Crippen LogP contribution in [-0.4, -0.2) is 30.6 Å². The lowest BCUT2D eigenvalue weighted by Crippen LogP contribution is -2.29. The Kier molecular flexibility index (Phi) is 1.95. The third-order valence-corrected chi connectivity index (χ3v) is 3.60. The van der Waals surface area contributed by atoms with Crippen LogP contribution < -0.4 is 0 Å². The Morgan fingerprint density at radius 3 is 2.64 bits per heavy atom. The van der Waals surface area contributed by atoms with Gasteiger partial charge in [0, 0.05) is 6.42 Å². The Bertz CT molecular complexity index is 285. The molecule has 0 bridgehead atoms. The van der Waals surface area contributed by atoms with Gasteiger partial charge in [0.1, 0.15) is 0 Å². The molecule has 0 spiro atoms. The standard InChI is InChI=1S/C7H10O3S/c1-2-3-7(8)4-5-11(9,10)6-7/h1,8H,3-6H2. The molecule has 1 heterocycles. The molecule has 1 aliphatic rings. The first-order chi connectivity index (χ1) is 4.97. The Morgan fingerprint density at radius 1 is 1.64 bits per heavy atom. The maximum absolute atomic E-state index is 10.9. The minimum atomic E-state index is -3.02. The fourth-order valence-corrected chi connectivity index (χ4v) is 3.13. The number of terminal acetylenes is 1. The Labute approximate surface area is 66.3 Å². The van der Waals surface area contributed by atoms with Gasteiger partial charge in [-0.25, -0.2) is 8.42 Å². The highest BCUT2D eigenvalue weighted by Gasteiger charge is 2.39. The maximum Gasteiger partial charge on any atom is 0.153 e. The lowest BCUT2D eigenvalue weighted by Gasteiger charge is -2.15. The summed E-state index contributed by atoms with van der Waals surface area (Å²) in [6.45, 7) is 0. The number of sulfone groups is 1. The number of rotatable bonds is 1. The SMILES string of the molecule is C#CCC1(O)CCS(=O)(=O)C1. The van der Waals surface area contributed by atoms with Gasteiger partial charge in [-0.1, -0.05) is 0 Å². The summed E-state index contributed by atoms with van der Waals surface area (Å²) >= 11 is 0. The van der Waals surface area contributed by atoms with Gasteiger partial charge in [-0.3, -0.25) is 0 Å². The minimum absolute atomic E-state index is 0.0607. The van der Waals surface area contributed by atoms with E-state index in [1.807, 2.05) is 0 Å². The van der Waals surface area contributed by atoms with Crippen molar-refractivity contribution in [1.29, 1.82) is 0 Å². The Morgan fingerprint density at radius 2 is 2.27 bits per heavy atom. The van der Waals surface area contributed by atoms with Gasteiger partial charge in [0.05, 0.1) is 17.1 Å². The second-order valence-electron chi connectivity index (χ2n) is 2.95. The van der Waals surface area contributed by atoms with Crippen molar-refractivity contribution < 1.29 is 13.5 Å². The summed E-state index contributed by atoms with van der Waals surface area (Å²) in [6.07, 6.45) is 5.39. The Balaban J connectivity index is 2.75. The van der Waals surface area contributed by atoms with E-state index in [1.165, 1.54) is 0 Å². The maximum atomic E-state index is 10.9. The van der Waals surface area contributed by atoms with Crippen molar-refractivity contribution in [3.05, 3.63) is 0 Å². The molecule has 0 radical (unpaired) electrons. The van der Waals surface area contributed by atoms with Gasteiger partial charge in [0.15, 0.2) is 9.84 Å². The molecule has 1 saturated heterocycles. The van der Waals surface area contributed by atoms with Gasteiger partial charge in [0.2, 0.25) is 0 Å². The summed E-state index contributed by atoms with van der Waals surface area (Å²) in [5.41, 5.74) is -1.15. The summed E-state index contributed by atoms with van der Waals surface area (Å²) in [7, 11) is -3.02. The summed E-state index contributed by atoms with van der Waals surface area (Å²) in [5.74, 6) is 2.16. The summed E-state index contributed by atoms with van der Waals surface area (Å²) in [4.78, 5) is 0. The minimum Gasteiger partial charge on any atom is -0.388 e. The molecule has 1 rings (SSSR count). The van der Waals surface area contributed by atoms with Crippen LogP contribution in [0.3, 0.4) is 0 Å². The second-order valence-corrected chi connectivity index (χ2v) is 5.13. The number of hydrogen-bond acceptors (Lipinski definition) is 3. The molecule has 1 atom stereocenters. The normalized spacial score (nSPS) is 34.9. The zero-order chi connectivity index (χ0) is 8.54. The molecule has 3 nitrogen and oxygen atoms in total. The van der Waals surface area contributed by atoms with Crippen molar-refractivity contribution in [1.82, 2.24) is 0 Å². The molecule has 1 unspecified atom stereocenters. The van der Waals surface area contributed by atoms with Crippen LogP contribution in [0, 0.1) is 12.3 Å². The number of aliphatic hydroxyl groups is 1. The summed E-state index contributed by atoms with van der Waals surface area (Å²) in [6, 6.07) is 0. The van der Waals surface area contributed by atoms with E-state index in [1.54, 1.807) is 0 Å². The van der Waals surface area contributed by atoms with Crippen molar-refractivity contribution in [2.75, 3.05) is 11.5 Å². The first-order valence-electron chi connectivity index (χ1n) is 3.34. The zero-order valence-corrected chi connectivity index (χ0v) is 6.89. The third kappa shape index (κ3) is 1.95. The molecule has 0 aromatic rings. The molecule has 1 fully saturated rings. The van der Waals surface area contributed by atoms with Gasteiger partial charge < -0.3 is 5.11 Å². The van der Waals surface area contributed by atoms with Crippen LogP contribution in [0.4, 0.5) is 0 Å². The first-order valence-corrected chi connectivity index (χ1v) is 5.16. The predicted octanol–water partition coefficient (Wildman–Crippen LogP) is -0.441. The average molecular weight is 174 g/mol. The van der Waals surface area contributed by atoms with Crippen molar-refractivity contribution in [3.63, 3.8) is 0 Å². The molecular weight excluding hydrogens is 164 g/mol. The van der Waals surface area contributed by atoms with Crippen LogP contribution in [0.15, 0.2) is 0 Å². The largest absolute Gasteiger partial charge is 0.388 e. The van der Waals surface area contributed by atoms with Gasteiger partial charge in [-0.05, 0) is 6.42 Å². The average Bonchev–Trinajstić information content (AvgIpc) is 2.07. The van der Waals surface area contributed by atoms with Crippen LogP contribution in [-0.2, 0) is 9.84 Å². The molecule has 0 amide bonds. The van der Waals surface area contributed by atoms with Gasteiger partial charge in [-0.15, -0.1) is 12.3 Å². The monoisotopic (exact) mass is 174 g/mol. The van der Waals surface area contributed by atoms with Crippen molar-refractivity contribution in [2.45, 2.75) is 18.4 Å². The van der Waals surface area contributed by atoms with Crippen molar-refractivity contribution in [3.8, 4) is 12.3 Å². The zero-order valence-electron chi connectivity index (χ0n) is 6.08. The van der Waals surface area contributed by atoms with Crippen LogP contribution in [0.2, 0.25) is 0 Å². The first kappa shape index (κ1) is 8.57. The van der Waals surface area contributed by atoms with Gasteiger partial charge >= 0.3 is 0 Å². The highest BCUT2D eigenvalue weighted by molar-refractivity contribution is 7.91. The van der Waals surface area contributed by atoms with Crippen LogP contribution in [0.1, 0.15) is 12.8 Å². The topological polar surface area (TPSA) is 54.4 Å². The van der Waals surface area contributed by atoms with E-state index < -0.39 is 15.4 Å². The highest BCUT2D eigenvalue weighted by Crippen LogP contribution is 2.25. The van der Waals surface area contributed by atoms with E-state index in [2.05, 4.69) is 5.92 Å². The third-order valence-electron chi connectivity index (χ3n) is 1.80. The van der Waals surface area contributed by atoms with Crippen LogP contribution in [0.25, 0.3) is 0 Å². The van der Waals surface area contributed by atoms with E-state index in [0.29, 0.717) is 0 Å².